The Hall–Kier alpha value is -1.16. The number of hydrogen-bond donors (Lipinski definition) is 2. The molecule has 0 atom stereocenters. The number of aliphatic imine (C=N–C) groups is 1. The van der Waals surface area contributed by atoms with Crippen LogP contribution in [0.5, 0.6) is 0 Å². The number of nitrogens with zero attached hydrogens (tertiary/aromatic N) is 3. The van der Waals surface area contributed by atoms with E-state index in [9.17, 15) is 0 Å². The molecule has 140 valence electrons. The van der Waals surface area contributed by atoms with Crippen LogP contribution >= 0.6 is 35.3 Å². The fourth-order valence-electron chi connectivity index (χ4n) is 2.38. The van der Waals surface area contributed by atoms with Crippen molar-refractivity contribution in [1.82, 2.24) is 20.8 Å². The number of hydrogen-bond acceptors (Lipinski definition) is 5. The van der Waals surface area contributed by atoms with Crippen LogP contribution in [0.2, 0.25) is 0 Å². The van der Waals surface area contributed by atoms with E-state index < -0.39 is 0 Å². The lowest BCUT2D eigenvalue weighted by molar-refractivity contribution is 0.380. The SMILES string of the molecule is CCNC(=NCc1c(CC)noc1CC)NCc1csc(CC)n1.I. The van der Waals surface area contributed by atoms with Gasteiger partial charge in [0, 0.05) is 23.9 Å². The molecular weight excluding hydrogens is 449 g/mol. The molecule has 2 heterocycles. The second kappa shape index (κ2) is 11.5. The van der Waals surface area contributed by atoms with Gasteiger partial charge in [-0.25, -0.2) is 9.98 Å². The Labute approximate surface area is 170 Å². The maximum Gasteiger partial charge on any atom is 0.191 e. The molecule has 6 nitrogen and oxygen atoms in total. The molecule has 2 aromatic heterocycles. The van der Waals surface area contributed by atoms with E-state index in [2.05, 4.69) is 58.8 Å². The highest BCUT2D eigenvalue weighted by atomic mass is 127. The predicted octanol–water partition coefficient (Wildman–Crippen LogP) is 3.69. The minimum absolute atomic E-state index is 0. The summed E-state index contributed by atoms with van der Waals surface area (Å²) in [6.45, 7) is 10.4. The first kappa shape index (κ1) is 21.9. The first-order valence-electron chi connectivity index (χ1n) is 8.63. The zero-order valence-electron chi connectivity index (χ0n) is 15.4. The number of thiazole rings is 1. The van der Waals surface area contributed by atoms with E-state index in [0.717, 1.165) is 54.5 Å². The Balaban J connectivity index is 0.00000312. The summed E-state index contributed by atoms with van der Waals surface area (Å²) < 4.78 is 5.40. The first-order valence-corrected chi connectivity index (χ1v) is 9.51. The zero-order valence-corrected chi connectivity index (χ0v) is 18.5. The molecule has 0 fully saturated rings. The zero-order chi connectivity index (χ0) is 17.4. The van der Waals surface area contributed by atoms with E-state index in [4.69, 9.17) is 4.52 Å². The number of nitrogens with one attached hydrogen (secondary N) is 2. The van der Waals surface area contributed by atoms with Crippen molar-refractivity contribution >= 4 is 41.3 Å². The Morgan fingerprint density at radius 2 is 1.96 bits per heavy atom. The molecule has 2 rings (SSSR count). The third kappa shape index (κ3) is 6.25. The highest BCUT2D eigenvalue weighted by Crippen LogP contribution is 2.16. The van der Waals surface area contributed by atoms with Crippen molar-refractivity contribution < 1.29 is 4.52 Å². The van der Waals surface area contributed by atoms with Crippen LogP contribution in [0.4, 0.5) is 0 Å². The van der Waals surface area contributed by atoms with Gasteiger partial charge in [0.15, 0.2) is 5.96 Å². The molecule has 2 aromatic rings. The fourth-order valence-corrected chi connectivity index (χ4v) is 3.13. The molecule has 0 saturated heterocycles. The summed E-state index contributed by atoms with van der Waals surface area (Å²) in [5.74, 6) is 1.72. The van der Waals surface area contributed by atoms with Gasteiger partial charge in [-0.3, -0.25) is 0 Å². The van der Waals surface area contributed by atoms with Crippen molar-refractivity contribution in [1.29, 1.82) is 0 Å². The van der Waals surface area contributed by atoms with Crippen molar-refractivity contribution in [3.05, 3.63) is 33.1 Å². The smallest absolute Gasteiger partial charge is 0.191 e. The summed E-state index contributed by atoms with van der Waals surface area (Å²) in [5, 5.41) is 14.0. The topological polar surface area (TPSA) is 75.3 Å². The molecule has 0 aromatic carbocycles. The van der Waals surface area contributed by atoms with Gasteiger partial charge in [0.05, 0.1) is 29.5 Å². The van der Waals surface area contributed by atoms with Crippen molar-refractivity contribution in [3.8, 4) is 0 Å². The lowest BCUT2D eigenvalue weighted by atomic mass is 10.1. The van der Waals surface area contributed by atoms with E-state index in [1.807, 2.05) is 0 Å². The van der Waals surface area contributed by atoms with Gasteiger partial charge in [0.25, 0.3) is 0 Å². The van der Waals surface area contributed by atoms with Crippen LogP contribution in [0.15, 0.2) is 14.9 Å². The summed E-state index contributed by atoms with van der Waals surface area (Å²) in [4.78, 5) is 9.26. The van der Waals surface area contributed by atoms with Crippen LogP contribution in [-0.2, 0) is 32.4 Å². The molecule has 0 radical (unpaired) electrons. The van der Waals surface area contributed by atoms with Crippen LogP contribution in [-0.4, -0.2) is 22.6 Å². The lowest BCUT2D eigenvalue weighted by Crippen LogP contribution is -2.36. The molecule has 0 saturated carbocycles. The summed E-state index contributed by atoms with van der Waals surface area (Å²) >= 11 is 1.70. The average Bonchev–Trinajstić information content (AvgIpc) is 3.23. The fraction of sp³-hybridized carbons (Fsp3) is 0.588. The summed E-state index contributed by atoms with van der Waals surface area (Å²) in [7, 11) is 0. The van der Waals surface area contributed by atoms with Gasteiger partial charge in [-0.05, 0) is 19.8 Å². The molecule has 0 unspecified atom stereocenters. The normalized spacial score (nSPS) is 11.3. The van der Waals surface area contributed by atoms with Crippen LogP contribution in [0.25, 0.3) is 0 Å². The third-order valence-corrected chi connectivity index (χ3v) is 4.73. The van der Waals surface area contributed by atoms with Gasteiger partial charge >= 0.3 is 0 Å². The molecule has 8 heteroatoms. The third-order valence-electron chi connectivity index (χ3n) is 3.69. The number of rotatable bonds is 8. The van der Waals surface area contributed by atoms with Gasteiger partial charge < -0.3 is 15.2 Å². The van der Waals surface area contributed by atoms with Crippen molar-refractivity contribution in [2.24, 2.45) is 4.99 Å². The van der Waals surface area contributed by atoms with Gasteiger partial charge in [-0.2, -0.15) is 0 Å². The van der Waals surface area contributed by atoms with E-state index in [0.29, 0.717) is 13.1 Å². The Morgan fingerprint density at radius 3 is 2.56 bits per heavy atom. The average molecular weight is 477 g/mol. The Bertz CT molecular complexity index is 646. The van der Waals surface area contributed by atoms with Gasteiger partial charge in [-0.1, -0.05) is 25.9 Å². The van der Waals surface area contributed by atoms with Crippen LogP contribution in [0.3, 0.4) is 0 Å². The highest BCUT2D eigenvalue weighted by Gasteiger charge is 2.13. The first-order chi connectivity index (χ1) is 11.7. The Morgan fingerprint density at radius 1 is 1.16 bits per heavy atom. The van der Waals surface area contributed by atoms with E-state index in [-0.39, 0.29) is 24.0 Å². The van der Waals surface area contributed by atoms with E-state index in [1.54, 1.807) is 11.3 Å². The monoisotopic (exact) mass is 477 g/mol. The minimum Gasteiger partial charge on any atom is -0.361 e. The number of aromatic nitrogens is 2. The molecule has 0 aliphatic rings. The molecule has 25 heavy (non-hydrogen) atoms. The number of guanidine groups is 1. The molecule has 0 bridgehead atoms. The lowest BCUT2D eigenvalue weighted by Gasteiger charge is -2.10. The second-order valence-electron chi connectivity index (χ2n) is 5.37. The van der Waals surface area contributed by atoms with Crippen molar-refractivity contribution in [2.45, 2.75) is 60.0 Å². The molecule has 0 spiro atoms. The molecule has 0 aliphatic heterocycles. The highest BCUT2D eigenvalue weighted by molar-refractivity contribution is 14.0. The predicted molar refractivity (Wildman–Crippen MR) is 114 cm³/mol. The molecule has 0 amide bonds. The molecule has 2 N–H and O–H groups in total. The van der Waals surface area contributed by atoms with E-state index >= 15 is 0 Å². The summed E-state index contributed by atoms with van der Waals surface area (Å²) in [6.07, 6.45) is 2.67. The number of halogens is 1. The summed E-state index contributed by atoms with van der Waals surface area (Å²) in [5.41, 5.74) is 3.16. The molecule has 0 aliphatic carbocycles. The summed E-state index contributed by atoms with van der Waals surface area (Å²) in [6, 6.07) is 0. The van der Waals surface area contributed by atoms with Crippen LogP contribution < -0.4 is 10.6 Å². The largest absolute Gasteiger partial charge is 0.361 e. The van der Waals surface area contributed by atoms with Crippen LogP contribution in [0.1, 0.15) is 55.4 Å². The second-order valence-corrected chi connectivity index (χ2v) is 6.32. The molecular formula is C17H28IN5OS. The maximum absolute atomic E-state index is 5.40. The van der Waals surface area contributed by atoms with Crippen molar-refractivity contribution in [3.63, 3.8) is 0 Å². The minimum atomic E-state index is 0. The quantitative estimate of drug-likeness (QED) is 0.345. The standard InChI is InChI=1S/C17H27N5OS.HI/c1-5-14-13(15(6-2)23-22-14)10-20-17(18-8-4)19-9-12-11-24-16(7-3)21-12;/h11H,5-10H2,1-4H3,(H2,18,19,20);1H. The maximum atomic E-state index is 5.40. The van der Waals surface area contributed by atoms with Gasteiger partial charge in [0.2, 0.25) is 0 Å². The van der Waals surface area contributed by atoms with Gasteiger partial charge in [0.1, 0.15) is 5.76 Å². The van der Waals surface area contributed by atoms with Crippen LogP contribution in [0, 0.1) is 0 Å². The van der Waals surface area contributed by atoms with E-state index in [1.165, 1.54) is 5.01 Å². The Kier molecular flexibility index (Phi) is 10.0. The van der Waals surface area contributed by atoms with Crippen molar-refractivity contribution in [2.75, 3.05) is 6.54 Å². The number of aryl methyl sites for hydroxylation is 3. The van der Waals surface area contributed by atoms with Gasteiger partial charge in [-0.15, -0.1) is 35.3 Å².